The molecule has 0 aliphatic carbocycles. The molecule has 1 atom stereocenters. The summed E-state index contributed by atoms with van der Waals surface area (Å²) in [6.45, 7) is 4.31. The van der Waals surface area contributed by atoms with E-state index in [0.29, 0.717) is 13.2 Å². The Balaban J connectivity index is 1.76. The van der Waals surface area contributed by atoms with Gasteiger partial charge in [0.05, 0.1) is 12.5 Å². The summed E-state index contributed by atoms with van der Waals surface area (Å²) in [5.74, 6) is 0.633. The van der Waals surface area contributed by atoms with Crippen molar-refractivity contribution in [1.29, 1.82) is 0 Å². The molecule has 4 rings (SSSR count). The molecule has 2 aliphatic rings. The number of hydrogen-bond acceptors (Lipinski definition) is 6. The Morgan fingerprint density at radius 1 is 1.46 bits per heavy atom. The van der Waals surface area contributed by atoms with Crippen LogP contribution in [0.1, 0.15) is 25.3 Å². The predicted molar refractivity (Wildman–Crippen MR) is 88.9 cm³/mol. The fourth-order valence-electron chi connectivity index (χ4n) is 4.14. The first-order valence-electron chi connectivity index (χ1n) is 8.43. The van der Waals surface area contributed by atoms with Crippen molar-refractivity contribution in [3.05, 3.63) is 18.1 Å². The summed E-state index contributed by atoms with van der Waals surface area (Å²) in [5.41, 5.74) is 1.91. The van der Waals surface area contributed by atoms with Gasteiger partial charge in [0.1, 0.15) is 23.8 Å². The van der Waals surface area contributed by atoms with E-state index in [2.05, 4.69) is 26.8 Å². The number of nitrogens with zero attached hydrogens (tertiary/aromatic N) is 3. The molecule has 0 bridgehead atoms. The molecular weight excluding hydrogens is 308 g/mol. The molecule has 7 heteroatoms. The van der Waals surface area contributed by atoms with E-state index in [1.165, 1.54) is 7.11 Å². The molecule has 1 spiro atoms. The van der Waals surface area contributed by atoms with Crippen LogP contribution in [0.3, 0.4) is 0 Å². The maximum Gasteiger partial charge on any atom is 0.329 e. The predicted octanol–water partition coefficient (Wildman–Crippen LogP) is 1.68. The van der Waals surface area contributed by atoms with Gasteiger partial charge in [0.15, 0.2) is 0 Å². The molecule has 2 aromatic rings. The van der Waals surface area contributed by atoms with E-state index in [1.54, 1.807) is 6.33 Å². The third-order valence-corrected chi connectivity index (χ3v) is 5.47. The average molecular weight is 330 g/mol. The van der Waals surface area contributed by atoms with Gasteiger partial charge < -0.3 is 19.4 Å². The van der Waals surface area contributed by atoms with Crippen LogP contribution >= 0.6 is 0 Å². The molecule has 7 nitrogen and oxygen atoms in total. The normalized spacial score (nSPS) is 22.6. The lowest BCUT2D eigenvalue weighted by atomic mass is 9.66. The molecule has 4 heterocycles. The summed E-state index contributed by atoms with van der Waals surface area (Å²) in [5, 5.41) is 1.01. The number of esters is 1. The SMILES string of the molecule is CCc1c[nH]c2ncnc(N3CC4(CCOCC4)C3C(=O)OC)c12. The molecule has 1 N–H and O–H groups in total. The maximum absolute atomic E-state index is 12.5. The number of carbonyl (C=O) groups excluding carboxylic acids is 1. The van der Waals surface area contributed by atoms with Gasteiger partial charge in [0.25, 0.3) is 0 Å². The van der Waals surface area contributed by atoms with E-state index in [4.69, 9.17) is 9.47 Å². The molecule has 0 aromatic carbocycles. The second-order valence-electron chi connectivity index (χ2n) is 6.62. The smallest absolute Gasteiger partial charge is 0.329 e. The first-order chi connectivity index (χ1) is 11.7. The van der Waals surface area contributed by atoms with Crippen molar-refractivity contribution in [2.24, 2.45) is 5.41 Å². The zero-order chi connectivity index (χ0) is 16.7. The topological polar surface area (TPSA) is 80.3 Å². The zero-order valence-corrected chi connectivity index (χ0v) is 14.0. The number of rotatable bonds is 3. The van der Waals surface area contributed by atoms with Crippen LogP contribution in [0.4, 0.5) is 5.82 Å². The minimum atomic E-state index is -0.302. The Labute approximate surface area is 140 Å². The second-order valence-corrected chi connectivity index (χ2v) is 6.62. The Morgan fingerprint density at radius 3 is 2.96 bits per heavy atom. The molecule has 2 saturated heterocycles. The number of aromatic nitrogens is 3. The Morgan fingerprint density at radius 2 is 2.25 bits per heavy atom. The summed E-state index contributed by atoms with van der Waals surface area (Å²) >= 11 is 0. The van der Waals surface area contributed by atoms with E-state index >= 15 is 0 Å². The van der Waals surface area contributed by atoms with Crippen LogP contribution in [-0.2, 0) is 20.7 Å². The van der Waals surface area contributed by atoms with E-state index < -0.39 is 0 Å². The van der Waals surface area contributed by atoms with Gasteiger partial charge in [0, 0.05) is 31.4 Å². The summed E-state index contributed by atoms with van der Waals surface area (Å²) < 4.78 is 10.6. The molecule has 2 fully saturated rings. The van der Waals surface area contributed by atoms with Crippen molar-refractivity contribution in [3.8, 4) is 0 Å². The fourth-order valence-corrected chi connectivity index (χ4v) is 4.14. The van der Waals surface area contributed by atoms with E-state index in [1.807, 2.05) is 6.20 Å². The molecule has 2 aliphatic heterocycles. The highest BCUT2D eigenvalue weighted by Gasteiger charge is 2.58. The number of carbonyl (C=O) groups is 1. The third-order valence-electron chi connectivity index (χ3n) is 5.47. The number of anilines is 1. The third kappa shape index (κ3) is 2.11. The number of hydrogen-bond donors (Lipinski definition) is 1. The first-order valence-corrected chi connectivity index (χ1v) is 8.43. The Bertz CT molecular complexity index is 766. The van der Waals surface area contributed by atoms with Crippen LogP contribution in [0.5, 0.6) is 0 Å². The van der Waals surface area contributed by atoms with Gasteiger partial charge >= 0.3 is 5.97 Å². The van der Waals surface area contributed by atoms with Crippen molar-refractivity contribution >= 4 is 22.8 Å². The van der Waals surface area contributed by atoms with Crippen molar-refractivity contribution in [2.45, 2.75) is 32.2 Å². The highest BCUT2D eigenvalue weighted by molar-refractivity contribution is 5.94. The van der Waals surface area contributed by atoms with Gasteiger partial charge in [0.2, 0.25) is 0 Å². The number of aryl methyl sites for hydroxylation is 1. The monoisotopic (exact) mass is 330 g/mol. The number of aromatic amines is 1. The summed E-state index contributed by atoms with van der Waals surface area (Å²) in [6.07, 6.45) is 6.17. The van der Waals surface area contributed by atoms with Gasteiger partial charge in [-0.1, -0.05) is 6.92 Å². The van der Waals surface area contributed by atoms with Gasteiger partial charge in [-0.15, -0.1) is 0 Å². The summed E-state index contributed by atoms with van der Waals surface area (Å²) in [6, 6.07) is -0.302. The van der Waals surface area contributed by atoms with Crippen LogP contribution in [0.15, 0.2) is 12.5 Å². The van der Waals surface area contributed by atoms with Crippen LogP contribution in [-0.4, -0.2) is 53.8 Å². The molecule has 128 valence electrons. The first kappa shape index (κ1) is 15.4. The highest BCUT2D eigenvalue weighted by atomic mass is 16.5. The van der Waals surface area contributed by atoms with Crippen LogP contribution in [0, 0.1) is 5.41 Å². The zero-order valence-electron chi connectivity index (χ0n) is 14.0. The van der Waals surface area contributed by atoms with Crippen molar-refractivity contribution < 1.29 is 14.3 Å². The molecule has 1 unspecified atom stereocenters. The van der Waals surface area contributed by atoms with E-state index in [-0.39, 0.29) is 17.4 Å². The van der Waals surface area contributed by atoms with E-state index in [0.717, 1.165) is 48.2 Å². The summed E-state index contributed by atoms with van der Waals surface area (Å²) in [7, 11) is 1.45. The maximum atomic E-state index is 12.5. The number of H-pyrrole nitrogens is 1. The molecule has 24 heavy (non-hydrogen) atoms. The lowest BCUT2D eigenvalue weighted by molar-refractivity contribution is -0.152. The van der Waals surface area contributed by atoms with Crippen molar-refractivity contribution in [3.63, 3.8) is 0 Å². The lowest BCUT2D eigenvalue weighted by Crippen LogP contribution is -2.70. The fraction of sp³-hybridized carbons (Fsp3) is 0.588. The van der Waals surface area contributed by atoms with Gasteiger partial charge in [-0.3, -0.25) is 0 Å². The highest BCUT2D eigenvalue weighted by Crippen LogP contribution is 2.49. The number of nitrogens with one attached hydrogen (secondary N) is 1. The number of methoxy groups -OCH3 is 1. The van der Waals surface area contributed by atoms with Crippen LogP contribution in [0.2, 0.25) is 0 Å². The summed E-state index contributed by atoms with van der Waals surface area (Å²) in [4.78, 5) is 26.6. The van der Waals surface area contributed by atoms with Crippen molar-refractivity contribution in [1.82, 2.24) is 15.0 Å². The number of ether oxygens (including phenoxy) is 2. The van der Waals surface area contributed by atoms with Gasteiger partial charge in [-0.05, 0) is 24.8 Å². The molecule has 0 radical (unpaired) electrons. The average Bonchev–Trinajstić information content (AvgIpc) is 3.04. The Kier molecular flexibility index (Phi) is 3.68. The standard InChI is InChI=1S/C17H22N4O3/c1-3-11-8-18-14-12(11)15(20-10-19-14)21-9-17(4-6-24-7-5-17)13(21)16(22)23-2/h8,10,13H,3-7,9H2,1-2H3,(H,18,19,20). The molecule has 0 amide bonds. The minimum Gasteiger partial charge on any atom is -0.467 e. The quantitative estimate of drug-likeness (QED) is 0.863. The van der Waals surface area contributed by atoms with Gasteiger partial charge in [-0.2, -0.15) is 0 Å². The Hall–Kier alpha value is -2.15. The van der Waals surface area contributed by atoms with Gasteiger partial charge in [-0.25, -0.2) is 14.8 Å². The van der Waals surface area contributed by atoms with Crippen molar-refractivity contribution in [2.75, 3.05) is 31.8 Å². The molecule has 2 aromatic heterocycles. The largest absolute Gasteiger partial charge is 0.467 e. The second kappa shape index (κ2) is 5.73. The lowest BCUT2D eigenvalue weighted by Gasteiger charge is -2.57. The molecular formula is C17H22N4O3. The van der Waals surface area contributed by atoms with E-state index in [9.17, 15) is 4.79 Å². The molecule has 0 saturated carbocycles. The minimum absolute atomic E-state index is 0.0642. The van der Waals surface area contributed by atoms with Crippen LogP contribution < -0.4 is 4.90 Å². The van der Waals surface area contributed by atoms with Crippen LogP contribution in [0.25, 0.3) is 11.0 Å². The number of fused-ring (bicyclic) bond motifs is 1.